The normalized spacial score (nSPS) is 20.1. The molecule has 1 saturated heterocycles. The van der Waals surface area contributed by atoms with Crippen molar-refractivity contribution in [2.24, 2.45) is 0 Å². The van der Waals surface area contributed by atoms with E-state index in [9.17, 15) is 10.1 Å². The second-order valence-corrected chi connectivity index (χ2v) is 4.66. The average molecular weight is 224 g/mol. The van der Waals surface area contributed by atoms with E-state index >= 15 is 0 Å². The summed E-state index contributed by atoms with van der Waals surface area (Å²) in [6.07, 6.45) is 1.17. The number of non-ortho nitro benzene ring substituents is 1. The van der Waals surface area contributed by atoms with E-state index in [-0.39, 0.29) is 10.6 Å². The Labute approximate surface area is 92.2 Å². The lowest BCUT2D eigenvalue weighted by Gasteiger charge is -2.12. The van der Waals surface area contributed by atoms with E-state index in [0.717, 1.165) is 11.4 Å². The van der Waals surface area contributed by atoms with Crippen molar-refractivity contribution in [3.63, 3.8) is 0 Å². The third kappa shape index (κ3) is 2.62. The molecule has 0 aromatic heterocycles. The molecule has 0 saturated carbocycles. The lowest BCUT2D eigenvalue weighted by Crippen LogP contribution is -2.17. The second-order valence-electron chi connectivity index (χ2n) is 3.51. The maximum Gasteiger partial charge on any atom is 0.269 e. The summed E-state index contributed by atoms with van der Waals surface area (Å²) in [5.74, 6) is 2.32. The molecule has 0 spiro atoms. The molecule has 1 atom stereocenters. The molecule has 4 nitrogen and oxygen atoms in total. The fourth-order valence-corrected chi connectivity index (χ4v) is 2.72. The van der Waals surface area contributed by atoms with Crippen LogP contribution < -0.4 is 5.32 Å². The van der Waals surface area contributed by atoms with Crippen molar-refractivity contribution in [3.05, 3.63) is 34.4 Å². The Morgan fingerprint density at radius 3 is 2.67 bits per heavy atom. The maximum absolute atomic E-state index is 10.4. The summed E-state index contributed by atoms with van der Waals surface area (Å²) in [5.41, 5.74) is 1.11. The third-order valence-corrected chi connectivity index (χ3v) is 3.54. The van der Waals surface area contributed by atoms with E-state index in [1.54, 1.807) is 12.1 Å². The highest BCUT2D eigenvalue weighted by Gasteiger charge is 2.15. The number of nitro benzene ring substituents is 1. The molecular formula is C10H12N2O2S. The predicted molar refractivity (Wildman–Crippen MR) is 62.4 cm³/mol. The molecule has 1 unspecified atom stereocenters. The van der Waals surface area contributed by atoms with Gasteiger partial charge in [0.2, 0.25) is 0 Å². The first-order chi connectivity index (χ1) is 7.25. The number of hydrogen-bond acceptors (Lipinski definition) is 4. The number of nitrogens with one attached hydrogen (secondary N) is 1. The fourth-order valence-electron chi connectivity index (χ4n) is 1.56. The largest absolute Gasteiger partial charge is 0.381 e. The van der Waals surface area contributed by atoms with Gasteiger partial charge in [-0.25, -0.2) is 0 Å². The maximum atomic E-state index is 10.4. The Hall–Kier alpha value is -1.23. The minimum atomic E-state index is -0.380. The quantitative estimate of drug-likeness (QED) is 0.633. The summed E-state index contributed by atoms with van der Waals surface area (Å²) in [7, 11) is 0. The summed E-state index contributed by atoms with van der Waals surface area (Å²) in [6.45, 7) is 0. The van der Waals surface area contributed by atoms with Crippen molar-refractivity contribution in [2.75, 3.05) is 16.8 Å². The summed E-state index contributed by atoms with van der Waals surface area (Å²) in [5, 5.41) is 13.8. The van der Waals surface area contributed by atoms with E-state index < -0.39 is 0 Å². The van der Waals surface area contributed by atoms with Crippen LogP contribution in [0.5, 0.6) is 0 Å². The van der Waals surface area contributed by atoms with E-state index in [1.165, 1.54) is 24.3 Å². The van der Waals surface area contributed by atoms with E-state index in [2.05, 4.69) is 5.32 Å². The smallest absolute Gasteiger partial charge is 0.269 e. The lowest BCUT2D eigenvalue weighted by molar-refractivity contribution is -0.384. The molecule has 2 rings (SSSR count). The van der Waals surface area contributed by atoms with Crippen molar-refractivity contribution in [1.82, 2.24) is 0 Å². The molecule has 1 aliphatic heterocycles. The Kier molecular flexibility index (Phi) is 3.11. The number of rotatable bonds is 3. The van der Waals surface area contributed by atoms with Gasteiger partial charge in [-0.1, -0.05) is 0 Å². The number of anilines is 1. The number of nitrogens with zero attached hydrogens (tertiary/aromatic N) is 1. The molecule has 1 heterocycles. The molecular weight excluding hydrogens is 212 g/mol. The van der Waals surface area contributed by atoms with Crippen molar-refractivity contribution >= 4 is 23.1 Å². The zero-order valence-corrected chi connectivity index (χ0v) is 9.00. The Bertz CT molecular complexity index is 347. The molecule has 80 valence electrons. The molecule has 15 heavy (non-hydrogen) atoms. The van der Waals surface area contributed by atoms with Crippen LogP contribution in [0.1, 0.15) is 6.42 Å². The minimum Gasteiger partial charge on any atom is -0.381 e. The molecule has 0 aliphatic carbocycles. The summed E-state index contributed by atoms with van der Waals surface area (Å²) in [6, 6.07) is 7.10. The molecule has 0 bridgehead atoms. The highest BCUT2D eigenvalue weighted by molar-refractivity contribution is 7.99. The van der Waals surface area contributed by atoms with Gasteiger partial charge in [0.05, 0.1) is 4.92 Å². The monoisotopic (exact) mass is 224 g/mol. The number of thioether (sulfide) groups is 1. The first-order valence-electron chi connectivity index (χ1n) is 4.84. The topological polar surface area (TPSA) is 55.2 Å². The fraction of sp³-hybridized carbons (Fsp3) is 0.400. The van der Waals surface area contributed by atoms with Gasteiger partial charge in [0.25, 0.3) is 5.69 Å². The minimum absolute atomic E-state index is 0.140. The van der Waals surface area contributed by atoms with E-state index in [4.69, 9.17) is 0 Å². The van der Waals surface area contributed by atoms with E-state index in [0.29, 0.717) is 6.04 Å². The van der Waals surface area contributed by atoms with Crippen LogP contribution in [0.25, 0.3) is 0 Å². The van der Waals surface area contributed by atoms with Crippen LogP contribution in [0.4, 0.5) is 11.4 Å². The van der Waals surface area contributed by atoms with Gasteiger partial charge in [-0.3, -0.25) is 10.1 Å². The number of nitro groups is 1. The first-order valence-corrected chi connectivity index (χ1v) is 6.00. The standard InChI is InChI=1S/C10H12N2O2S/c13-12(14)10-3-1-8(2-4-10)11-9-5-6-15-7-9/h1-4,9,11H,5-7H2. The Balaban J connectivity index is 2.00. The molecule has 1 N–H and O–H groups in total. The van der Waals surface area contributed by atoms with Crippen molar-refractivity contribution < 1.29 is 4.92 Å². The molecule has 0 radical (unpaired) electrons. The van der Waals surface area contributed by atoms with Crippen molar-refractivity contribution in [1.29, 1.82) is 0 Å². The number of hydrogen-bond donors (Lipinski definition) is 1. The Morgan fingerprint density at radius 1 is 1.40 bits per heavy atom. The Morgan fingerprint density at radius 2 is 2.13 bits per heavy atom. The SMILES string of the molecule is O=[N+]([O-])c1ccc(NC2CCSC2)cc1. The zero-order chi connectivity index (χ0) is 10.7. The summed E-state index contributed by atoms with van der Waals surface area (Å²) in [4.78, 5) is 10.1. The van der Waals surface area contributed by atoms with Gasteiger partial charge in [0.15, 0.2) is 0 Å². The number of benzene rings is 1. The van der Waals surface area contributed by atoms with Gasteiger partial charge in [-0.15, -0.1) is 0 Å². The van der Waals surface area contributed by atoms with Crippen LogP contribution >= 0.6 is 11.8 Å². The first kappa shape index (κ1) is 10.3. The molecule has 1 aliphatic rings. The van der Waals surface area contributed by atoms with Crippen LogP contribution in [0.2, 0.25) is 0 Å². The summed E-state index contributed by atoms with van der Waals surface area (Å²) < 4.78 is 0. The van der Waals surface area contributed by atoms with Gasteiger partial charge < -0.3 is 5.32 Å². The zero-order valence-electron chi connectivity index (χ0n) is 8.18. The lowest BCUT2D eigenvalue weighted by atomic mass is 10.2. The highest BCUT2D eigenvalue weighted by atomic mass is 32.2. The van der Waals surface area contributed by atoms with Gasteiger partial charge in [0.1, 0.15) is 0 Å². The van der Waals surface area contributed by atoms with Crippen LogP contribution in [0.15, 0.2) is 24.3 Å². The molecule has 0 amide bonds. The summed E-state index contributed by atoms with van der Waals surface area (Å²) >= 11 is 1.94. The van der Waals surface area contributed by atoms with Gasteiger partial charge in [0, 0.05) is 29.6 Å². The molecule has 1 fully saturated rings. The van der Waals surface area contributed by atoms with Crippen LogP contribution in [-0.4, -0.2) is 22.5 Å². The highest BCUT2D eigenvalue weighted by Crippen LogP contribution is 2.22. The van der Waals surface area contributed by atoms with Gasteiger partial charge in [-0.05, 0) is 24.3 Å². The van der Waals surface area contributed by atoms with Crippen molar-refractivity contribution in [3.8, 4) is 0 Å². The van der Waals surface area contributed by atoms with Gasteiger partial charge in [-0.2, -0.15) is 11.8 Å². The van der Waals surface area contributed by atoms with Gasteiger partial charge >= 0.3 is 0 Å². The van der Waals surface area contributed by atoms with Crippen LogP contribution in [0.3, 0.4) is 0 Å². The third-order valence-electron chi connectivity index (χ3n) is 2.38. The van der Waals surface area contributed by atoms with Crippen LogP contribution in [0, 0.1) is 10.1 Å². The van der Waals surface area contributed by atoms with E-state index in [1.807, 2.05) is 11.8 Å². The average Bonchev–Trinajstić information content (AvgIpc) is 2.71. The predicted octanol–water partition coefficient (Wildman–Crippen LogP) is 2.51. The molecule has 5 heteroatoms. The van der Waals surface area contributed by atoms with Crippen LogP contribution in [-0.2, 0) is 0 Å². The molecule has 1 aromatic carbocycles. The van der Waals surface area contributed by atoms with Crippen molar-refractivity contribution in [2.45, 2.75) is 12.5 Å². The molecule has 1 aromatic rings. The second kappa shape index (κ2) is 4.53.